The normalized spacial score (nSPS) is 12.8. The van der Waals surface area contributed by atoms with E-state index in [1.807, 2.05) is 41.5 Å². The first-order chi connectivity index (χ1) is 7.04. The highest BCUT2D eigenvalue weighted by Gasteiger charge is 2.39. The van der Waals surface area contributed by atoms with Crippen LogP contribution in [0.1, 0.15) is 48.0 Å². The number of amides is 1. The van der Waals surface area contributed by atoms with Crippen LogP contribution < -0.4 is 4.72 Å². The summed E-state index contributed by atoms with van der Waals surface area (Å²) < 4.78 is 2.34. The number of thiol groups is 1. The minimum Gasteiger partial charge on any atom is -0.302 e. The Kier molecular flexibility index (Phi) is 5.05. The summed E-state index contributed by atoms with van der Waals surface area (Å²) in [4.78, 5) is 23.6. The Labute approximate surface area is 104 Å². The molecule has 0 heterocycles. The van der Waals surface area contributed by atoms with Gasteiger partial charge in [0.05, 0.1) is 0 Å². The molecule has 0 bridgehead atoms. The first kappa shape index (κ1) is 15.5. The van der Waals surface area contributed by atoms with E-state index in [1.165, 1.54) is 0 Å². The molecule has 0 aromatic heterocycles. The van der Waals surface area contributed by atoms with Crippen LogP contribution in [0.25, 0.3) is 0 Å². The van der Waals surface area contributed by atoms with E-state index in [1.54, 1.807) is 0 Å². The van der Waals surface area contributed by atoms with Gasteiger partial charge in [0.2, 0.25) is 5.91 Å². The van der Waals surface area contributed by atoms with Gasteiger partial charge < -0.3 is 4.72 Å². The van der Waals surface area contributed by atoms with Crippen molar-refractivity contribution in [3.63, 3.8) is 0 Å². The summed E-state index contributed by atoms with van der Waals surface area (Å²) in [6.07, 6.45) is 0.517. The zero-order chi connectivity index (χ0) is 13.1. The van der Waals surface area contributed by atoms with E-state index in [9.17, 15) is 9.59 Å². The van der Waals surface area contributed by atoms with Crippen LogP contribution in [-0.2, 0) is 9.59 Å². The fourth-order valence-corrected chi connectivity index (χ4v) is 2.51. The molecule has 0 spiro atoms. The number of carbonyl (C=O) groups is 2. The SMILES string of the molecule is CC(C)C(=O)C(C)(C)CC(C)(C)C(=O)NS. The van der Waals surface area contributed by atoms with E-state index < -0.39 is 10.8 Å². The smallest absolute Gasteiger partial charge is 0.235 e. The highest BCUT2D eigenvalue weighted by Crippen LogP contribution is 2.36. The summed E-state index contributed by atoms with van der Waals surface area (Å²) in [5, 5.41) is 0. The number of rotatable bonds is 5. The van der Waals surface area contributed by atoms with Gasteiger partial charge in [-0.1, -0.05) is 54.4 Å². The maximum absolute atomic E-state index is 12.0. The highest BCUT2D eigenvalue weighted by molar-refractivity contribution is 7.78. The van der Waals surface area contributed by atoms with Crippen molar-refractivity contribution in [2.45, 2.75) is 48.0 Å². The monoisotopic (exact) mass is 245 g/mol. The summed E-state index contributed by atoms with van der Waals surface area (Å²) in [7, 11) is 0. The number of carbonyl (C=O) groups excluding carboxylic acids is 2. The molecule has 0 rings (SSSR count). The molecule has 3 nitrogen and oxygen atoms in total. The van der Waals surface area contributed by atoms with Crippen molar-refractivity contribution in [1.29, 1.82) is 0 Å². The Hall–Kier alpha value is -0.510. The van der Waals surface area contributed by atoms with Crippen LogP contribution in [0.15, 0.2) is 0 Å². The van der Waals surface area contributed by atoms with E-state index in [2.05, 4.69) is 17.5 Å². The molecule has 1 amide bonds. The third kappa shape index (κ3) is 3.81. The van der Waals surface area contributed by atoms with E-state index in [0.717, 1.165) is 0 Å². The van der Waals surface area contributed by atoms with Gasteiger partial charge in [0.15, 0.2) is 0 Å². The fraction of sp³-hybridized carbons (Fsp3) is 0.833. The van der Waals surface area contributed by atoms with E-state index in [4.69, 9.17) is 0 Å². The highest BCUT2D eigenvalue weighted by atomic mass is 32.1. The molecule has 0 fully saturated rings. The minimum absolute atomic E-state index is 0.00939. The molecule has 0 radical (unpaired) electrons. The molecule has 0 unspecified atom stereocenters. The van der Waals surface area contributed by atoms with Gasteiger partial charge in [-0.05, 0) is 6.42 Å². The Balaban J connectivity index is 4.83. The molecule has 1 N–H and O–H groups in total. The van der Waals surface area contributed by atoms with Gasteiger partial charge in [0.25, 0.3) is 0 Å². The second-order valence-electron chi connectivity index (χ2n) is 5.90. The second-order valence-corrected chi connectivity index (χ2v) is 6.13. The van der Waals surface area contributed by atoms with Crippen molar-refractivity contribution in [2.24, 2.45) is 16.7 Å². The lowest BCUT2D eigenvalue weighted by Crippen LogP contribution is -2.40. The maximum Gasteiger partial charge on any atom is 0.235 e. The van der Waals surface area contributed by atoms with Crippen LogP contribution in [-0.4, -0.2) is 11.7 Å². The molecule has 0 saturated heterocycles. The van der Waals surface area contributed by atoms with Gasteiger partial charge in [0, 0.05) is 16.7 Å². The first-order valence-electron chi connectivity index (χ1n) is 5.53. The average molecular weight is 245 g/mol. The van der Waals surface area contributed by atoms with Crippen molar-refractivity contribution < 1.29 is 9.59 Å². The quantitative estimate of drug-likeness (QED) is 0.731. The van der Waals surface area contributed by atoms with Crippen LogP contribution >= 0.6 is 12.8 Å². The van der Waals surface area contributed by atoms with Gasteiger partial charge in [0.1, 0.15) is 5.78 Å². The predicted octanol–water partition coefficient (Wildman–Crippen LogP) is 2.62. The van der Waals surface area contributed by atoms with Crippen LogP contribution in [0, 0.1) is 16.7 Å². The molecule has 94 valence electrons. The van der Waals surface area contributed by atoms with Crippen molar-refractivity contribution in [3.05, 3.63) is 0 Å². The van der Waals surface area contributed by atoms with Crippen LogP contribution in [0.2, 0.25) is 0 Å². The van der Waals surface area contributed by atoms with Crippen LogP contribution in [0.4, 0.5) is 0 Å². The Morgan fingerprint density at radius 3 is 1.88 bits per heavy atom. The molecule has 4 heteroatoms. The van der Waals surface area contributed by atoms with Gasteiger partial charge in [-0.3, -0.25) is 9.59 Å². The molecule has 0 aliphatic carbocycles. The lowest BCUT2D eigenvalue weighted by atomic mass is 9.70. The molecule has 0 aromatic rings. The molecule has 0 aliphatic heterocycles. The van der Waals surface area contributed by atoms with Crippen molar-refractivity contribution >= 4 is 24.5 Å². The minimum atomic E-state index is -0.587. The molecule has 0 aliphatic rings. The summed E-state index contributed by atoms with van der Waals surface area (Å²) in [6, 6.07) is 0. The molecule has 0 saturated carbocycles. The van der Waals surface area contributed by atoms with E-state index in [0.29, 0.717) is 6.42 Å². The van der Waals surface area contributed by atoms with Crippen LogP contribution in [0.3, 0.4) is 0 Å². The fourth-order valence-electron chi connectivity index (χ4n) is 2.21. The molecule has 0 atom stereocenters. The van der Waals surface area contributed by atoms with Gasteiger partial charge in [-0.2, -0.15) is 0 Å². The number of nitrogens with one attached hydrogen (secondary N) is 1. The van der Waals surface area contributed by atoms with Gasteiger partial charge >= 0.3 is 0 Å². The lowest BCUT2D eigenvalue weighted by molar-refractivity contribution is -0.135. The average Bonchev–Trinajstić information content (AvgIpc) is 2.13. The molecular weight excluding hydrogens is 222 g/mol. The summed E-state index contributed by atoms with van der Waals surface area (Å²) in [6.45, 7) is 11.2. The Bertz CT molecular complexity index is 283. The standard InChI is InChI=1S/C12H23NO2S/c1-8(2)9(14)11(3,4)7-12(5,6)10(15)13-16/h8,16H,7H2,1-6H3,(H,13,15). The number of Topliss-reactive ketones (excluding diaryl/α,β-unsaturated/α-hetero) is 1. The summed E-state index contributed by atoms with van der Waals surface area (Å²) in [5.74, 6) is 0.0258. The second kappa shape index (κ2) is 5.21. The van der Waals surface area contributed by atoms with Crippen molar-refractivity contribution in [1.82, 2.24) is 4.72 Å². The zero-order valence-electron chi connectivity index (χ0n) is 11.0. The molecule has 0 aromatic carbocycles. The Morgan fingerprint density at radius 2 is 1.56 bits per heavy atom. The van der Waals surface area contributed by atoms with Gasteiger partial charge in [-0.25, -0.2) is 0 Å². The number of hydrogen-bond donors (Lipinski definition) is 2. The Morgan fingerprint density at radius 1 is 1.12 bits per heavy atom. The summed E-state index contributed by atoms with van der Waals surface area (Å²) >= 11 is 3.77. The van der Waals surface area contributed by atoms with Gasteiger partial charge in [-0.15, -0.1) is 0 Å². The zero-order valence-corrected chi connectivity index (χ0v) is 11.9. The molecular formula is C12H23NO2S. The van der Waals surface area contributed by atoms with E-state index >= 15 is 0 Å². The third-order valence-electron chi connectivity index (χ3n) is 2.79. The lowest BCUT2D eigenvalue weighted by Gasteiger charge is -2.33. The first-order valence-corrected chi connectivity index (χ1v) is 5.98. The largest absolute Gasteiger partial charge is 0.302 e. The number of hydrogen-bond acceptors (Lipinski definition) is 3. The number of ketones is 1. The van der Waals surface area contributed by atoms with Crippen LogP contribution in [0.5, 0.6) is 0 Å². The van der Waals surface area contributed by atoms with E-state index in [-0.39, 0.29) is 17.6 Å². The molecule has 16 heavy (non-hydrogen) atoms. The van der Waals surface area contributed by atoms with Crippen molar-refractivity contribution in [3.8, 4) is 0 Å². The summed E-state index contributed by atoms with van der Waals surface area (Å²) in [5.41, 5.74) is -1.08. The topological polar surface area (TPSA) is 46.2 Å². The third-order valence-corrected chi connectivity index (χ3v) is 2.99. The predicted molar refractivity (Wildman–Crippen MR) is 69.2 cm³/mol. The maximum atomic E-state index is 12.0. The van der Waals surface area contributed by atoms with Crippen molar-refractivity contribution in [2.75, 3.05) is 0 Å².